The van der Waals surface area contributed by atoms with E-state index in [2.05, 4.69) is 182 Å². The van der Waals surface area contributed by atoms with Gasteiger partial charge < -0.3 is 8.98 Å². The molecule has 7 aromatic carbocycles. The standard InChI is InChI=1S/C43H35N2O.C19H26GeN.Ir/c1-27(2)36-24-32(30-16-9-6-10-17-30)25-37(28(3)4)41(36)45-39-21-12-11-20-38(39)44-43(45)35-19-13-18-34-33-23-22-31(26-40(33)46-42(34)35)29-14-7-5-8-15-29;1-14(2)11-17-12-19(16-9-7-15(3)8-10-16)21-13-18(17)20(4,5)6;/h5-18,20-28H,1-4H3;7-9,12-14H,11H2,1-6H3;/q2*-1;/i;3D3,11D2;. The molecule has 0 aliphatic heterocycles. The van der Waals surface area contributed by atoms with E-state index >= 15 is 0 Å². The van der Waals surface area contributed by atoms with E-state index in [0.717, 1.165) is 54.3 Å². The van der Waals surface area contributed by atoms with Crippen LogP contribution in [-0.4, -0.2) is 27.8 Å². The molecule has 10 aromatic rings. The van der Waals surface area contributed by atoms with Crippen LogP contribution in [0.4, 0.5) is 0 Å². The molecule has 0 aliphatic rings. The van der Waals surface area contributed by atoms with Gasteiger partial charge in [0.2, 0.25) is 0 Å². The second-order valence-electron chi connectivity index (χ2n) is 19.4. The molecule has 1 radical (unpaired) electrons. The SMILES string of the molecule is CC(C)c1cc(-c2ccccc2)cc(C(C)C)c1-n1c(-c2[c-]ccc3c2oc2cc(-c4ccccc4)ccc23)nc2ccccc21.[2H]C([2H])([2H])c1c[c-]c(-c2cc(C([2H])([2H])C(C)C)[c]([Ge]([CH3])([CH3])[CH3])cn2)cc1.[Ir]. The second kappa shape index (κ2) is 20.4. The summed E-state index contributed by atoms with van der Waals surface area (Å²) in [5.41, 5.74) is 15.3. The Kier molecular flexibility index (Phi) is 12.7. The van der Waals surface area contributed by atoms with E-state index in [1.807, 2.05) is 38.2 Å². The molecule has 0 N–H and O–H groups in total. The van der Waals surface area contributed by atoms with Gasteiger partial charge in [-0.25, -0.2) is 0 Å². The Morgan fingerprint density at radius 2 is 1.35 bits per heavy atom. The van der Waals surface area contributed by atoms with Crippen molar-refractivity contribution in [1.29, 1.82) is 0 Å². The number of benzene rings is 7. The zero-order valence-electron chi connectivity index (χ0n) is 45.3. The van der Waals surface area contributed by atoms with Gasteiger partial charge in [0.25, 0.3) is 0 Å². The fourth-order valence-corrected chi connectivity index (χ4v) is 11.9. The predicted octanol–water partition coefficient (Wildman–Crippen LogP) is 16.6. The largest absolute Gasteiger partial charge is 0 e. The summed E-state index contributed by atoms with van der Waals surface area (Å²) in [6, 6.07) is 58.0. The van der Waals surface area contributed by atoms with Gasteiger partial charge in [0.1, 0.15) is 5.58 Å². The molecule has 0 saturated heterocycles. The molecule has 345 valence electrons. The van der Waals surface area contributed by atoms with E-state index < -0.39 is 26.5 Å². The van der Waals surface area contributed by atoms with E-state index in [1.54, 1.807) is 12.1 Å². The molecular formula is C62H61GeIrN3O-2. The molecular weight excluding hydrogens is 1070 g/mol. The first-order chi connectivity index (χ1) is 34.2. The third kappa shape index (κ3) is 9.99. The van der Waals surface area contributed by atoms with Crippen molar-refractivity contribution < 1.29 is 31.4 Å². The van der Waals surface area contributed by atoms with Crippen molar-refractivity contribution in [2.24, 2.45) is 5.92 Å². The molecule has 0 saturated carbocycles. The van der Waals surface area contributed by atoms with Crippen LogP contribution in [0.25, 0.3) is 83.6 Å². The number of pyridine rings is 1. The fourth-order valence-electron chi connectivity index (χ4n) is 8.97. The number of hydrogen-bond donors (Lipinski definition) is 0. The van der Waals surface area contributed by atoms with Gasteiger partial charge >= 0.3 is 139 Å². The van der Waals surface area contributed by atoms with Crippen molar-refractivity contribution in [2.45, 2.75) is 83.9 Å². The van der Waals surface area contributed by atoms with Crippen molar-refractivity contribution in [1.82, 2.24) is 14.5 Å². The van der Waals surface area contributed by atoms with Crippen LogP contribution in [0.15, 0.2) is 162 Å². The number of para-hydroxylation sites is 2. The molecule has 3 aromatic heterocycles. The van der Waals surface area contributed by atoms with Gasteiger partial charge in [-0.1, -0.05) is 124 Å². The summed E-state index contributed by atoms with van der Waals surface area (Å²) in [7, 11) is 0. The number of aromatic nitrogens is 3. The summed E-state index contributed by atoms with van der Waals surface area (Å²) in [5, 5.41) is 2.15. The number of rotatable bonds is 10. The molecule has 0 unspecified atom stereocenters. The summed E-state index contributed by atoms with van der Waals surface area (Å²) in [6.07, 6.45) is 0.362. The first kappa shape index (κ1) is 42.3. The molecule has 6 heteroatoms. The maximum absolute atomic E-state index is 8.60. The van der Waals surface area contributed by atoms with Crippen LogP contribution in [0.5, 0.6) is 0 Å². The molecule has 10 rings (SSSR count). The fraction of sp³-hybridized carbons (Fsp3) is 0.226. The van der Waals surface area contributed by atoms with Gasteiger partial charge in [-0.15, -0.1) is 18.2 Å². The molecule has 0 aliphatic carbocycles. The number of aryl methyl sites for hydroxylation is 1. The van der Waals surface area contributed by atoms with Crippen LogP contribution in [0.3, 0.4) is 0 Å². The van der Waals surface area contributed by atoms with Gasteiger partial charge in [0.05, 0.1) is 22.4 Å². The molecule has 4 nitrogen and oxygen atoms in total. The molecule has 0 fully saturated rings. The van der Waals surface area contributed by atoms with E-state index in [4.69, 9.17) is 16.3 Å². The summed E-state index contributed by atoms with van der Waals surface area (Å²) in [4.78, 5) is 9.85. The van der Waals surface area contributed by atoms with E-state index in [-0.39, 0.29) is 43.4 Å². The number of fused-ring (bicyclic) bond motifs is 4. The summed E-state index contributed by atoms with van der Waals surface area (Å²) < 4.78 is 49.8. The van der Waals surface area contributed by atoms with Crippen LogP contribution in [0.2, 0.25) is 17.3 Å². The smallest absolute Gasteiger partial charge is 0 e. The first-order valence-corrected chi connectivity index (χ1v) is 30.7. The zero-order valence-corrected chi connectivity index (χ0v) is 44.8. The minimum Gasteiger partial charge on any atom is 0 e. The zero-order chi connectivity index (χ0) is 51.3. The first-order valence-electron chi connectivity index (χ1n) is 25.9. The Morgan fingerprint density at radius 3 is 1.97 bits per heavy atom. The molecule has 3 heterocycles. The molecule has 0 bridgehead atoms. The Labute approximate surface area is 426 Å². The molecule has 0 spiro atoms. The number of nitrogens with zero attached hydrogens (tertiary/aromatic N) is 3. The third-order valence-electron chi connectivity index (χ3n) is 12.3. The van der Waals surface area contributed by atoms with Crippen LogP contribution in [-0.2, 0) is 26.5 Å². The Bertz CT molecular complexity index is 3530. The Hall–Kier alpha value is -5.85. The van der Waals surface area contributed by atoms with E-state index in [1.165, 1.54) is 39.6 Å². The topological polar surface area (TPSA) is 43.9 Å². The average molecular weight is 1130 g/mol. The molecule has 0 amide bonds. The molecule has 0 atom stereocenters. The van der Waals surface area contributed by atoms with Crippen molar-refractivity contribution >= 4 is 50.6 Å². The maximum atomic E-state index is 8.60. The summed E-state index contributed by atoms with van der Waals surface area (Å²) in [6.45, 7) is 10.7. The van der Waals surface area contributed by atoms with Crippen molar-refractivity contribution in [2.75, 3.05) is 0 Å². The van der Waals surface area contributed by atoms with Gasteiger partial charge in [0.15, 0.2) is 0 Å². The minimum atomic E-state index is -2.32. The normalized spacial score (nSPS) is 13.2. The van der Waals surface area contributed by atoms with Crippen LogP contribution in [0, 0.1) is 24.9 Å². The third-order valence-corrected chi connectivity index (χ3v) is 16.5. The Balaban J connectivity index is 0.000000226. The quantitative estimate of drug-likeness (QED) is 0.101. The minimum absolute atomic E-state index is 0. The Morgan fingerprint density at radius 1 is 0.691 bits per heavy atom. The monoisotopic (exact) mass is 1140 g/mol. The molecule has 68 heavy (non-hydrogen) atoms. The number of imidazole rings is 1. The van der Waals surface area contributed by atoms with Crippen molar-refractivity contribution in [3.05, 3.63) is 192 Å². The van der Waals surface area contributed by atoms with Crippen LogP contribution < -0.4 is 4.40 Å². The van der Waals surface area contributed by atoms with Crippen LogP contribution >= 0.6 is 0 Å². The number of furan rings is 1. The second-order valence-corrected chi connectivity index (χ2v) is 29.9. The van der Waals surface area contributed by atoms with Gasteiger partial charge in [-0.3, -0.25) is 4.98 Å². The van der Waals surface area contributed by atoms with Crippen molar-refractivity contribution in [3.8, 4) is 50.6 Å². The van der Waals surface area contributed by atoms with Gasteiger partial charge in [0, 0.05) is 31.2 Å². The van der Waals surface area contributed by atoms with Gasteiger partial charge in [-0.05, 0) is 75.5 Å². The predicted molar refractivity (Wildman–Crippen MR) is 286 cm³/mol. The maximum Gasteiger partial charge on any atom is 0 e. The summed E-state index contributed by atoms with van der Waals surface area (Å²) >= 11 is -2.32. The van der Waals surface area contributed by atoms with E-state index in [0.29, 0.717) is 16.8 Å². The van der Waals surface area contributed by atoms with Crippen molar-refractivity contribution in [3.63, 3.8) is 0 Å². The van der Waals surface area contributed by atoms with E-state index in [9.17, 15) is 0 Å². The van der Waals surface area contributed by atoms with Crippen LogP contribution in [0.1, 0.15) is 82.5 Å². The average Bonchev–Trinajstić information content (AvgIpc) is 3.94. The van der Waals surface area contributed by atoms with Gasteiger partial charge in [-0.2, -0.15) is 0 Å². The number of hydrogen-bond acceptors (Lipinski definition) is 3. The summed E-state index contributed by atoms with van der Waals surface area (Å²) in [5.74, 6) is 7.93.